The Hall–Kier alpha value is -0.570. The lowest BCUT2D eigenvalue weighted by Crippen LogP contribution is -2.36. The summed E-state index contributed by atoms with van der Waals surface area (Å²) in [5, 5.41) is 4.68. The Morgan fingerprint density at radius 2 is 2.00 bits per heavy atom. The van der Waals surface area contributed by atoms with Crippen molar-refractivity contribution in [2.45, 2.75) is 63.7 Å². The smallest absolute Gasteiger partial charge is 0.0406 e. The van der Waals surface area contributed by atoms with Crippen LogP contribution >= 0.6 is 11.6 Å². The maximum absolute atomic E-state index is 5.98. The molecule has 1 heterocycles. The Morgan fingerprint density at radius 1 is 1.30 bits per heavy atom. The Bertz CT molecular complexity index is 441. The molecule has 20 heavy (non-hydrogen) atoms. The van der Waals surface area contributed by atoms with Crippen molar-refractivity contribution in [3.8, 4) is 0 Å². The van der Waals surface area contributed by atoms with Crippen LogP contribution in [-0.2, 0) is 0 Å². The first kappa shape index (κ1) is 14.4. The van der Waals surface area contributed by atoms with Crippen LogP contribution in [0.15, 0.2) is 24.3 Å². The van der Waals surface area contributed by atoms with E-state index in [0.717, 1.165) is 23.5 Å². The molecule has 2 aliphatic rings. The molecule has 3 heteroatoms. The molecular formula is C17H25ClN2. The summed E-state index contributed by atoms with van der Waals surface area (Å²) in [4.78, 5) is 2.70. The topological polar surface area (TPSA) is 15.3 Å². The van der Waals surface area contributed by atoms with Crippen LogP contribution in [-0.4, -0.2) is 29.6 Å². The minimum atomic E-state index is 0.448. The Labute approximate surface area is 127 Å². The van der Waals surface area contributed by atoms with Crippen LogP contribution in [0.2, 0.25) is 5.02 Å². The third-order valence-electron chi connectivity index (χ3n) is 4.76. The molecule has 0 radical (unpaired) electrons. The number of likely N-dealkylation sites (tertiary alicyclic amines) is 1. The molecule has 3 rings (SSSR count). The van der Waals surface area contributed by atoms with Crippen molar-refractivity contribution in [1.29, 1.82) is 0 Å². The van der Waals surface area contributed by atoms with E-state index in [-0.39, 0.29) is 0 Å². The number of benzene rings is 1. The van der Waals surface area contributed by atoms with E-state index < -0.39 is 0 Å². The fraction of sp³-hybridized carbons (Fsp3) is 0.647. The van der Waals surface area contributed by atoms with Crippen molar-refractivity contribution in [3.63, 3.8) is 0 Å². The van der Waals surface area contributed by atoms with Gasteiger partial charge in [-0.15, -0.1) is 0 Å². The normalized spacial score (nSPS) is 28.8. The van der Waals surface area contributed by atoms with E-state index in [2.05, 4.69) is 36.2 Å². The zero-order valence-corrected chi connectivity index (χ0v) is 13.2. The quantitative estimate of drug-likeness (QED) is 0.882. The molecule has 1 saturated heterocycles. The predicted molar refractivity (Wildman–Crippen MR) is 85.2 cm³/mol. The average molecular weight is 293 g/mol. The lowest BCUT2D eigenvalue weighted by Gasteiger charge is -2.23. The summed E-state index contributed by atoms with van der Waals surface area (Å²) in [6.07, 6.45) is 5.22. The summed E-state index contributed by atoms with van der Waals surface area (Å²) < 4.78 is 0. The van der Waals surface area contributed by atoms with Gasteiger partial charge in [-0.3, -0.25) is 4.90 Å². The standard InChI is InChI=1S/C17H25ClN2/c1-3-17(13-4-6-14(18)7-5-13)19-15-10-12(2)20(11-15)16-8-9-16/h4-7,12,15-17,19H,3,8-11H2,1-2H3. The fourth-order valence-electron chi connectivity index (χ4n) is 3.52. The molecule has 2 nitrogen and oxygen atoms in total. The third kappa shape index (κ3) is 3.19. The van der Waals surface area contributed by atoms with Crippen LogP contribution < -0.4 is 5.32 Å². The summed E-state index contributed by atoms with van der Waals surface area (Å²) in [6, 6.07) is 11.0. The molecule has 3 atom stereocenters. The average Bonchev–Trinajstić information content (AvgIpc) is 3.21. The van der Waals surface area contributed by atoms with E-state index in [1.165, 1.54) is 31.4 Å². The molecule has 1 N–H and O–H groups in total. The Balaban J connectivity index is 1.62. The Morgan fingerprint density at radius 3 is 2.60 bits per heavy atom. The molecule has 1 aliphatic carbocycles. The number of nitrogens with zero attached hydrogens (tertiary/aromatic N) is 1. The van der Waals surface area contributed by atoms with Crippen molar-refractivity contribution in [2.24, 2.45) is 0 Å². The van der Waals surface area contributed by atoms with Crippen LogP contribution in [0.5, 0.6) is 0 Å². The van der Waals surface area contributed by atoms with E-state index in [9.17, 15) is 0 Å². The first-order valence-corrected chi connectivity index (χ1v) is 8.32. The van der Waals surface area contributed by atoms with Crippen molar-refractivity contribution in [2.75, 3.05) is 6.54 Å². The van der Waals surface area contributed by atoms with Crippen LogP contribution in [0.4, 0.5) is 0 Å². The predicted octanol–water partition coefficient (Wildman–Crippen LogP) is 4.01. The van der Waals surface area contributed by atoms with Crippen molar-refractivity contribution in [1.82, 2.24) is 10.2 Å². The highest BCUT2D eigenvalue weighted by atomic mass is 35.5. The summed E-state index contributed by atoms with van der Waals surface area (Å²) in [7, 11) is 0. The molecule has 0 spiro atoms. The van der Waals surface area contributed by atoms with E-state index in [1.807, 2.05) is 12.1 Å². The molecule has 2 fully saturated rings. The number of rotatable bonds is 5. The molecular weight excluding hydrogens is 268 g/mol. The fourth-order valence-corrected chi connectivity index (χ4v) is 3.65. The summed E-state index contributed by atoms with van der Waals surface area (Å²) >= 11 is 5.98. The van der Waals surface area contributed by atoms with Crippen molar-refractivity contribution in [3.05, 3.63) is 34.9 Å². The van der Waals surface area contributed by atoms with Gasteiger partial charge >= 0.3 is 0 Å². The second-order valence-corrected chi connectivity index (χ2v) is 6.83. The van der Waals surface area contributed by atoms with Gasteiger partial charge in [0.15, 0.2) is 0 Å². The number of hydrogen-bond acceptors (Lipinski definition) is 2. The molecule has 110 valence electrons. The van der Waals surface area contributed by atoms with Crippen molar-refractivity contribution < 1.29 is 0 Å². The summed E-state index contributed by atoms with van der Waals surface area (Å²) in [6.45, 7) is 5.85. The van der Waals surface area contributed by atoms with E-state index >= 15 is 0 Å². The first-order valence-electron chi connectivity index (χ1n) is 7.94. The highest BCUT2D eigenvalue weighted by Gasteiger charge is 2.39. The Kier molecular flexibility index (Phi) is 4.34. The number of nitrogens with one attached hydrogen (secondary N) is 1. The molecule has 1 aliphatic heterocycles. The minimum Gasteiger partial charge on any atom is -0.306 e. The monoisotopic (exact) mass is 292 g/mol. The van der Waals surface area contributed by atoms with Gasteiger partial charge in [-0.1, -0.05) is 30.7 Å². The van der Waals surface area contributed by atoms with Crippen LogP contribution in [0.3, 0.4) is 0 Å². The van der Waals surface area contributed by atoms with Crippen molar-refractivity contribution >= 4 is 11.6 Å². The zero-order chi connectivity index (χ0) is 14.1. The van der Waals surface area contributed by atoms with Crippen LogP contribution in [0, 0.1) is 0 Å². The van der Waals surface area contributed by atoms with Gasteiger partial charge in [0.25, 0.3) is 0 Å². The molecule has 3 unspecified atom stereocenters. The maximum atomic E-state index is 5.98. The third-order valence-corrected chi connectivity index (χ3v) is 5.01. The highest BCUT2D eigenvalue weighted by molar-refractivity contribution is 6.30. The first-order chi connectivity index (χ1) is 9.67. The number of hydrogen-bond donors (Lipinski definition) is 1. The van der Waals surface area contributed by atoms with E-state index in [0.29, 0.717) is 12.1 Å². The second kappa shape index (κ2) is 6.05. The highest BCUT2D eigenvalue weighted by Crippen LogP contribution is 2.34. The van der Waals surface area contributed by atoms with Gasteiger partial charge in [0.1, 0.15) is 0 Å². The second-order valence-electron chi connectivity index (χ2n) is 6.39. The summed E-state index contributed by atoms with van der Waals surface area (Å²) in [5.74, 6) is 0. The SMILES string of the molecule is CCC(NC1CC(C)N(C2CC2)C1)c1ccc(Cl)cc1. The van der Waals surface area contributed by atoms with Gasteiger partial charge < -0.3 is 5.32 Å². The van der Waals surface area contributed by atoms with E-state index in [4.69, 9.17) is 11.6 Å². The van der Waals surface area contributed by atoms with E-state index in [1.54, 1.807) is 0 Å². The molecule has 0 amide bonds. The largest absolute Gasteiger partial charge is 0.306 e. The minimum absolute atomic E-state index is 0.448. The lowest BCUT2D eigenvalue weighted by atomic mass is 10.0. The molecule has 1 aromatic rings. The molecule has 0 aromatic heterocycles. The van der Waals surface area contributed by atoms with Gasteiger partial charge in [0, 0.05) is 35.7 Å². The molecule has 0 bridgehead atoms. The van der Waals surface area contributed by atoms with Crippen LogP contribution in [0.1, 0.15) is 51.1 Å². The molecule has 1 aromatic carbocycles. The van der Waals surface area contributed by atoms with Gasteiger partial charge in [0.05, 0.1) is 0 Å². The molecule has 1 saturated carbocycles. The van der Waals surface area contributed by atoms with Gasteiger partial charge in [0.2, 0.25) is 0 Å². The summed E-state index contributed by atoms with van der Waals surface area (Å²) in [5.41, 5.74) is 1.36. The van der Waals surface area contributed by atoms with Gasteiger partial charge in [-0.25, -0.2) is 0 Å². The maximum Gasteiger partial charge on any atom is 0.0406 e. The van der Waals surface area contributed by atoms with Gasteiger partial charge in [-0.05, 0) is 50.3 Å². The van der Waals surface area contributed by atoms with Gasteiger partial charge in [-0.2, -0.15) is 0 Å². The van der Waals surface area contributed by atoms with Crippen LogP contribution in [0.25, 0.3) is 0 Å². The number of halogens is 1. The zero-order valence-electron chi connectivity index (χ0n) is 12.5. The lowest BCUT2D eigenvalue weighted by molar-refractivity contribution is 0.253.